The summed E-state index contributed by atoms with van der Waals surface area (Å²) >= 11 is 0. The molecule has 0 unspecified atom stereocenters. The number of fused-ring (bicyclic) bond motifs is 4. The van der Waals surface area contributed by atoms with E-state index in [1.54, 1.807) is 0 Å². The average Bonchev–Trinajstić information content (AvgIpc) is 3.00. The maximum Gasteiger partial charge on any atom is 0.323 e. The highest BCUT2D eigenvalue weighted by Crippen LogP contribution is 2.49. The van der Waals surface area contributed by atoms with Crippen LogP contribution >= 0.6 is 12.4 Å². The van der Waals surface area contributed by atoms with E-state index in [2.05, 4.69) is 0 Å². The van der Waals surface area contributed by atoms with E-state index in [9.17, 15) is 9.90 Å². The molecule has 150 valence electrons. The van der Waals surface area contributed by atoms with Gasteiger partial charge in [0.15, 0.2) is 0 Å². The molecule has 0 radical (unpaired) electrons. The Hall–Kier alpha value is -3.02. The highest BCUT2D eigenvalue weighted by atomic mass is 35.5. The molecule has 2 heterocycles. The summed E-state index contributed by atoms with van der Waals surface area (Å²) in [5.74, 6) is 0.209. The number of hydrogen-bond acceptors (Lipinski definition) is 4. The SMILES string of the molecule is C[C@](N)(Cc1cc2c(-c3ccccc3)c(-c3ccccc3)c1OCO2)C(=O)O.Cl. The fourth-order valence-electron chi connectivity index (χ4n) is 3.50. The number of rotatable bonds is 5. The van der Waals surface area contributed by atoms with Gasteiger partial charge in [0.1, 0.15) is 17.0 Å². The molecule has 0 saturated heterocycles. The van der Waals surface area contributed by atoms with E-state index in [1.165, 1.54) is 6.92 Å². The molecule has 2 bridgehead atoms. The van der Waals surface area contributed by atoms with Crippen LogP contribution in [-0.4, -0.2) is 23.4 Å². The largest absolute Gasteiger partial charge is 0.480 e. The van der Waals surface area contributed by atoms with Crippen molar-refractivity contribution < 1.29 is 19.4 Å². The van der Waals surface area contributed by atoms with Crippen LogP contribution in [0, 0.1) is 0 Å². The normalized spacial score (nSPS) is 14.0. The van der Waals surface area contributed by atoms with E-state index in [0.717, 1.165) is 27.8 Å². The number of carbonyl (C=O) groups is 1. The lowest BCUT2D eigenvalue weighted by Crippen LogP contribution is -2.46. The molecule has 3 aromatic carbocycles. The van der Waals surface area contributed by atoms with Crippen LogP contribution in [0.25, 0.3) is 22.3 Å². The van der Waals surface area contributed by atoms with E-state index in [-0.39, 0.29) is 25.6 Å². The van der Waals surface area contributed by atoms with Gasteiger partial charge >= 0.3 is 5.97 Å². The first-order valence-electron chi connectivity index (χ1n) is 9.06. The average molecular weight is 412 g/mol. The number of carboxylic acid groups (broad SMARTS) is 1. The maximum atomic E-state index is 11.6. The van der Waals surface area contributed by atoms with Crippen LogP contribution in [0.1, 0.15) is 12.5 Å². The van der Waals surface area contributed by atoms with Crippen LogP contribution in [0.4, 0.5) is 0 Å². The highest BCUT2D eigenvalue weighted by Gasteiger charge is 2.33. The first-order chi connectivity index (χ1) is 13.5. The number of ether oxygens (including phenoxy) is 2. The number of nitrogens with two attached hydrogens (primary N) is 1. The Bertz CT molecular complexity index is 1020. The molecule has 3 N–H and O–H groups in total. The van der Waals surface area contributed by atoms with Gasteiger partial charge in [0.25, 0.3) is 0 Å². The standard InChI is InChI=1S/C23H21NO4.ClH/c1-23(24,22(25)26)13-17-12-18-19(15-8-4-2-5-9-15)20(21(17)28-14-27-18)16-10-6-3-7-11-16;/h2-12H,13-14,24H2,1H3,(H,25,26);1H/t23-;/m0./s1. The number of hydrogen-bond donors (Lipinski definition) is 2. The molecule has 3 aromatic rings. The van der Waals surface area contributed by atoms with Crippen molar-refractivity contribution in [3.63, 3.8) is 0 Å². The van der Waals surface area contributed by atoms with Crippen LogP contribution < -0.4 is 15.2 Å². The van der Waals surface area contributed by atoms with Crippen LogP contribution in [0.5, 0.6) is 11.5 Å². The number of halogens is 1. The molecule has 2 aliphatic heterocycles. The topological polar surface area (TPSA) is 81.8 Å². The molecular weight excluding hydrogens is 390 g/mol. The van der Waals surface area contributed by atoms with Gasteiger partial charge in [0.05, 0.1) is 0 Å². The predicted molar refractivity (Wildman–Crippen MR) is 115 cm³/mol. The summed E-state index contributed by atoms with van der Waals surface area (Å²) in [6.45, 7) is 1.57. The summed E-state index contributed by atoms with van der Waals surface area (Å²) in [6, 6.07) is 21.7. The summed E-state index contributed by atoms with van der Waals surface area (Å²) in [5.41, 5.74) is 9.12. The lowest BCUT2D eigenvalue weighted by atomic mass is 9.86. The second-order valence-corrected chi connectivity index (χ2v) is 7.15. The summed E-state index contributed by atoms with van der Waals surface area (Å²) < 4.78 is 11.8. The Labute approximate surface area is 175 Å². The molecule has 0 amide bonds. The Morgan fingerprint density at radius 3 is 2.10 bits per heavy atom. The highest BCUT2D eigenvalue weighted by molar-refractivity contribution is 5.93. The summed E-state index contributed by atoms with van der Waals surface area (Å²) in [6.07, 6.45) is 0.128. The fourth-order valence-corrected chi connectivity index (χ4v) is 3.50. The van der Waals surface area contributed by atoms with Gasteiger partial charge < -0.3 is 20.3 Å². The van der Waals surface area contributed by atoms with Crippen LogP contribution in [0.15, 0.2) is 66.7 Å². The van der Waals surface area contributed by atoms with Gasteiger partial charge in [-0.1, -0.05) is 60.7 Å². The van der Waals surface area contributed by atoms with Gasteiger partial charge in [-0.05, 0) is 24.1 Å². The van der Waals surface area contributed by atoms with E-state index in [4.69, 9.17) is 15.2 Å². The molecule has 0 aliphatic carbocycles. The first kappa shape index (κ1) is 20.7. The second-order valence-electron chi connectivity index (χ2n) is 7.15. The molecule has 0 fully saturated rings. The Balaban J connectivity index is 0.00000240. The van der Waals surface area contributed by atoms with Crippen LogP contribution in [-0.2, 0) is 11.2 Å². The minimum absolute atomic E-state index is 0. The molecule has 1 atom stereocenters. The predicted octanol–water partition coefficient (Wildman–Crippen LogP) is 4.52. The van der Waals surface area contributed by atoms with Gasteiger partial charge in [0.2, 0.25) is 6.79 Å². The van der Waals surface area contributed by atoms with Gasteiger partial charge in [-0.3, -0.25) is 4.79 Å². The Morgan fingerprint density at radius 1 is 1.00 bits per heavy atom. The fraction of sp³-hybridized carbons (Fsp3) is 0.174. The third-order valence-electron chi connectivity index (χ3n) is 4.91. The lowest BCUT2D eigenvalue weighted by molar-refractivity contribution is -0.142. The zero-order chi connectivity index (χ0) is 19.7. The molecule has 0 saturated carbocycles. The van der Waals surface area contributed by atoms with Gasteiger partial charge in [-0.25, -0.2) is 0 Å². The van der Waals surface area contributed by atoms with E-state index < -0.39 is 11.5 Å². The molecule has 5 nitrogen and oxygen atoms in total. The zero-order valence-electron chi connectivity index (χ0n) is 15.9. The minimum Gasteiger partial charge on any atom is -0.480 e. The lowest BCUT2D eigenvalue weighted by Gasteiger charge is -2.22. The second kappa shape index (κ2) is 8.15. The zero-order valence-corrected chi connectivity index (χ0v) is 16.7. The van der Waals surface area contributed by atoms with Crippen molar-refractivity contribution in [2.24, 2.45) is 5.73 Å². The van der Waals surface area contributed by atoms with E-state index in [1.807, 2.05) is 66.7 Å². The number of carboxylic acids is 1. The monoisotopic (exact) mass is 411 g/mol. The third kappa shape index (κ3) is 3.92. The third-order valence-corrected chi connectivity index (χ3v) is 4.91. The van der Waals surface area contributed by atoms with Crippen molar-refractivity contribution in [1.82, 2.24) is 0 Å². The van der Waals surface area contributed by atoms with E-state index in [0.29, 0.717) is 11.5 Å². The molecule has 5 rings (SSSR count). The van der Waals surface area contributed by atoms with Crippen LogP contribution in [0.3, 0.4) is 0 Å². The maximum absolute atomic E-state index is 11.6. The quantitative estimate of drug-likeness (QED) is 0.645. The van der Waals surface area contributed by atoms with Crippen molar-refractivity contribution in [3.8, 4) is 33.8 Å². The Morgan fingerprint density at radius 2 is 1.55 bits per heavy atom. The summed E-state index contributed by atoms with van der Waals surface area (Å²) in [5, 5.41) is 9.47. The van der Waals surface area contributed by atoms with E-state index >= 15 is 0 Å². The first-order valence-corrected chi connectivity index (χ1v) is 9.06. The van der Waals surface area contributed by atoms with Gasteiger partial charge in [0, 0.05) is 23.1 Å². The molecule has 2 aliphatic rings. The molecule has 0 aromatic heterocycles. The Kier molecular flexibility index (Phi) is 5.82. The van der Waals surface area contributed by atoms with Crippen molar-refractivity contribution in [2.75, 3.05) is 6.79 Å². The molecule has 6 heteroatoms. The number of benzene rings is 3. The molecule has 0 spiro atoms. The van der Waals surface area contributed by atoms with Crippen molar-refractivity contribution in [3.05, 3.63) is 72.3 Å². The smallest absolute Gasteiger partial charge is 0.323 e. The molecule has 29 heavy (non-hydrogen) atoms. The van der Waals surface area contributed by atoms with Gasteiger partial charge in [-0.2, -0.15) is 0 Å². The summed E-state index contributed by atoms with van der Waals surface area (Å²) in [7, 11) is 0. The van der Waals surface area contributed by atoms with Gasteiger partial charge in [-0.15, -0.1) is 12.4 Å². The molecular formula is C23H22ClNO4. The van der Waals surface area contributed by atoms with Crippen LogP contribution in [0.2, 0.25) is 0 Å². The minimum atomic E-state index is -1.41. The number of aliphatic carboxylic acids is 1. The summed E-state index contributed by atoms with van der Waals surface area (Å²) in [4.78, 5) is 11.6. The van der Waals surface area contributed by atoms with Crippen molar-refractivity contribution >= 4 is 18.4 Å². The van der Waals surface area contributed by atoms with Crippen molar-refractivity contribution in [1.29, 1.82) is 0 Å². The van der Waals surface area contributed by atoms with Crippen molar-refractivity contribution in [2.45, 2.75) is 18.9 Å².